The number of rotatable bonds is 4. The van der Waals surface area contributed by atoms with Crippen LogP contribution >= 0.6 is 15.9 Å². The lowest BCUT2D eigenvalue weighted by Gasteiger charge is -2.23. The van der Waals surface area contributed by atoms with Crippen molar-refractivity contribution in [1.29, 1.82) is 0 Å². The maximum absolute atomic E-state index is 12.3. The van der Waals surface area contributed by atoms with Crippen LogP contribution in [0.3, 0.4) is 0 Å². The fourth-order valence-electron chi connectivity index (χ4n) is 3.23. The third-order valence-corrected chi connectivity index (χ3v) is 4.96. The number of fused-ring (bicyclic) bond motifs is 1. The van der Waals surface area contributed by atoms with Crippen molar-refractivity contribution < 1.29 is 14.4 Å². The van der Waals surface area contributed by atoms with Gasteiger partial charge in [-0.3, -0.25) is 19.3 Å². The molecule has 3 rings (SSSR count). The van der Waals surface area contributed by atoms with E-state index in [4.69, 9.17) is 0 Å². The summed E-state index contributed by atoms with van der Waals surface area (Å²) in [5, 5.41) is 3.01. The van der Waals surface area contributed by atoms with Crippen molar-refractivity contribution in [3.8, 4) is 0 Å². The number of carbonyl (C=O) groups is 3. The highest BCUT2D eigenvalue weighted by Crippen LogP contribution is 2.26. The van der Waals surface area contributed by atoms with Gasteiger partial charge in [-0.15, -0.1) is 0 Å². The third kappa shape index (κ3) is 3.47. The zero-order valence-corrected chi connectivity index (χ0v) is 14.4. The molecule has 0 aromatic heterocycles. The summed E-state index contributed by atoms with van der Waals surface area (Å²) in [4.78, 5) is 37.8. The molecule has 23 heavy (non-hydrogen) atoms. The molecular weight excluding hydrogens is 360 g/mol. The minimum atomic E-state index is -0.322. The monoisotopic (exact) mass is 378 g/mol. The molecule has 122 valence electrons. The van der Waals surface area contributed by atoms with Crippen molar-refractivity contribution in [3.05, 3.63) is 33.8 Å². The predicted octanol–water partition coefficient (Wildman–Crippen LogP) is 2.88. The molecule has 1 fully saturated rings. The summed E-state index contributed by atoms with van der Waals surface area (Å²) in [6.07, 6.45) is 5.73. The van der Waals surface area contributed by atoms with Gasteiger partial charge >= 0.3 is 0 Å². The minimum Gasteiger partial charge on any atom is -0.353 e. The van der Waals surface area contributed by atoms with E-state index < -0.39 is 0 Å². The summed E-state index contributed by atoms with van der Waals surface area (Å²) in [6.45, 7) is 0.127. The standard InChI is InChI=1S/C17H19BrN2O3/c18-11-6-7-13-14(10-11)17(23)20(16(13)22)9-8-15(21)19-12-4-2-1-3-5-12/h6-7,10,12H,1-5,8-9H2,(H,19,21). The van der Waals surface area contributed by atoms with Crippen LogP contribution < -0.4 is 5.32 Å². The van der Waals surface area contributed by atoms with Crippen molar-refractivity contribution in [1.82, 2.24) is 10.2 Å². The molecule has 1 saturated carbocycles. The molecule has 1 heterocycles. The zero-order valence-electron chi connectivity index (χ0n) is 12.8. The van der Waals surface area contributed by atoms with Crippen LogP contribution in [0, 0.1) is 0 Å². The van der Waals surface area contributed by atoms with Gasteiger partial charge in [-0.2, -0.15) is 0 Å². The molecule has 0 spiro atoms. The molecule has 0 bridgehead atoms. The van der Waals surface area contributed by atoms with Gasteiger partial charge in [0.2, 0.25) is 5.91 Å². The predicted molar refractivity (Wildman–Crippen MR) is 89.1 cm³/mol. The number of benzene rings is 1. The average Bonchev–Trinajstić information content (AvgIpc) is 2.77. The molecule has 0 unspecified atom stereocenters. The van der Waals surface area contributed by atoms with Crippen LogP contribution in [0.5, 0.6) is 0 Å². The third-order valence-electron chi connectivity index (χ3n) is 4.47. The lowest BCUT2D eigenvalue weighted by atomic mass is 9.95. The van der Waals surface area contributed by atoms with E-state index in [2.05, 4.69) is 21.2 Å². The Morgan fingerprint density at radius 3 is 2.57 bits per heavy atom. The molecular formula is C17H19BrN2O3. The highest BCUT2D eigenvalue weighted by Gasteiger charge is 2.35. The molecule has 0 saturated heterocycles. The van der Waals surface area contributed by atoms with Gasteiger partial charge in [0.15, 0.2) is 0 Å². The van der Waals surface area contributed by atoms with E-state index >= 15 is 0 Å². The molecule has 1 aromatic carbocycles. The number of halogens is 1. The first-order chi connectivity index (χ1) is 11.1. The molecule has 2 aliphatic rings. The maximum atomic E-state index is 12.3. The number of hydrogen-bond donors (Lipinski definition) is 1. The average molecular weight is 379 g/mol. The summed E-state index contributed by atoms with van der Waals surface area (Å²) >= 11 is 3.30. The van der Waals surface area contributed by atoms with Crippen LogP contribution in [0.25, 0.3) is 0 Å². The van der Waals surface area contributed by atoms with Gasteiger partial charge in [-0.05, 0) is 31.0 Å². The topological polar surface area (TPSA) is 66.5 Å². The van der Waals surface area contributed by atoms with Crippen LogP contribution in [0.2, 0.25) is 0 Å². The Bertz CT molecular complexity index is 653. The van der Waals surface area contributed by atoms with Crippen molar-refractivity contribution in [2.45, 2.75) is 44.6 Å². The minimum absolute atomic E-state index is 0.0883. The Balaban J connectivity index is 1.57. The van der Waals surface area contributed by atoms with Gasteiger partial charge in [0, 0.05) is 23.5 Å². The van der Waals surface area contributed by atoms with E-state index in [0.717, 1.165) is 35.1 Å². The normalized spacial score (nSPS) is 18.2. The van der Waals surface area contributed by atoms with Crippen LogP contribution in [-0.2, 0) is 4.79 Å². The van der Waals surface area contributed by atoms with Gasteiger partial charge in [0.05, 0.1) is 11.1 Å². The van der Waals surface area contributed by atoms with E-state index in [9.17, 15) is 14.4 Å². The van der Waals surface area contributed by atoms with Gasteiger partial charge in [0.1, 0.15) is 0 Å². The maximum Gasteiger partial charge on any atom is 0.261 e. The van der Waals surface area contributed by atoms with Crippen LogP contribution in [0.15, 0.2) is 22.7 Å². The van der Waals surface area contributed by atoms with Crippen LogP contribution in [0.4, 0.5) is 0 Å². The molecule has 6 heteroatoms. The largest absolute Gasteiger partial charge is 0.353 e. The highest BCUT2D eigenvalue weighted by molar-refractivity contribution is 9.10. The first kappa shape index (κ1) is 16.2. The van der Waals surface area contributed by atoms with Gasteiger partial charge in [0.25, 0.3) is 11.8 Å². The van der Waals surface area contributed by atoms with E-state index in [0.29, 0.717) is 11.1 Å². The number of nitrogens with zero attached hydrogens (tertiary/aromatic N) is 1. The second kappa shape index (κ2) is 6.83. The summed E-state index contributed by atoms with van der Waals surface area (Å²) in [5.41, 5.74) is 0.808. The fourth-order valence-corrected chi connectivity index (χ4v) is 3.59. The molecule has 3 amide bonds. The molecule has 5 nitrogen and oxygen atoms in total. The quantitative estimate of drug-likeness (QED) is 0.819. The Morgan fingerprint density at radius 2 is 1.83 bits per heavy atom. The van der Waals surface area contributed by atoms with Gasteiger partial charge < -0.3 is 5.32 Å². The van der Waals surface area contributed by atoms with Gasteiger partial charge in [-0.1, -0.05) is 35.2 Å². The molecule has 1 aliphatic carbocycles. The zero-order chi connectivity index (χ0) is 16.4. The Morgan fingerprint density at radius 1 is 1.13 bits per heavy atom. The Kier molecular flexibility index (Phi) is 4.80. The lowest BCUT2D eigenvalue weighted by molar-refractivity contribution is -0.122. The summed E-state index contributed by atoms with van der Waals surface area (Å²) in [7, 11) is 0. The fraction of sp³-hybridized carbons (Fsp3) is 0.471. The van der Waals surface area contributed by atoms with E-state index in [1.807, 2.05) is 0 Å². The second-order valence-electron chi connectivity index (χ2n) is 6.10. The van der Waals surface area contributed by atoms with Gasteiger partial charge in [-0.25, -0.2) is 0 Å². The second-order valence-corrected chi connectivity index (χ2v) is 7.02. The highest BCUT2D eigenvalue weighted by atomic mass is 79.9. The number of carbonyl (C=O) groups excluding carboxylic acids is 3. The first-order valence-electron chi connectivity index (χ1n) is 8.01. The summed E-state index contributed by atoms with van der Waals surface area (Å²) in [6, 6.07) is 5.28. The molecule has 1 aromatic rings. The van der Waals surface area contributed by atoms with E-state index in [1.54, 1.807) is 18.2 Å². The summed E-state index contributed by atoms with van der Waals surface area (Å²) < 4.78 is 0.759. The number of hydrogen-bond acceptors (Lipinski definition) is 3. The Labute approximate surface area is 143 Å². The first-order valence-corrected chi connectivity index (χ1v) is 8.80. The SMILES string of the molecule is O=C(CCN1C(=O)c2ccc(Br)cc2C1=O)NC1CCCCC1. The Hall–Kier alpha value is -1.69. The van der Waals surface area contributed by atoms with Crippen molar-refractivity contribution >= 4 is 33.7 Å². The lowest BCUT2D eigenvalue weighted by Crippen LogP contribution is -2.39. The molecule has 0 atom stereocenters. The van der Waals surface area contributed by atoms with Crippen molar-refractivity contribution in [2.75, 3.05) is 6.54 Å². The molecule has 1 aliphatic heterocycles. The number of imide groups is 1. The van der Waals surface area contributed by atoms with Crippen molar-refractivity contribution in [2.24, 2.45) is 0 Å². The number of nitrogens with one attached hydrogen (secondary N) is 1. The smallest absolute Gasteiger partial charge is 0.261 e. The van der Waals surface area contributed by atoms with Crippen LogP contribution in [-0.4, -0.2) is 35.2 Å². The molecule has 0 radical (unpaired) electrons. The molecule has 1 N–H and O–H groups in total. The van der Waals surface area contributed by atoms with Crippen LogP contribution in [0.1, 0.15) is 59.2 Å². The van der Waals surface area contributed by atoms with Crippen molar-refractivity contribution in [3.63, 3.8) is 0 Å². The number of amides is 3. The van der Waals surface area contributed by atoms with E-state index in [1.165, 1.54) is 6.42 Å². The van der Waals surface area contributed by atoms with E-state index in [-0.39, 0.29) is 36.7 Å². The summed E-state index contributed by atoms with van der Waals surface area (Å²) in [5.74, 6) is -0.727.